The molecule has 0 bridgehead atoms. The molecule has 3 aromatic rings. The molecule has 0 aliphatic carbocycles. The second-order valence-electron chi connectivity index (χ2n) is 7.24. The van der Waals surface area contributed by atoms with Crippen LogP contribution in [0.3, 0.4) is 0 Å². The van der Waals surface area contributed by atoms with Crippen molar-refractivity contribution in [3.8, 4) is 28.1 Å². The summed E-state index contributed by atoms with van der Waals surface area (Å²) in [5, 5.41) is 10.5. The number of hydrogen-bond donors (Lipinski definition) is 2. The molecule has 4 nitrogen and oxygen atoms in total. The number of halogens is 2. The Balaban J connectivity index is 1.88. The molecule has 0 spiro atoms. The third-order valence-corrected chi connectivity index (χ3v) is 5.35. The molecular weight excluding hydrogens is 377 g/mol. The molecule has 2 heterocycles. The highest BCUT2D eigenvalue weighted by atomic mass is 35.5. The molecule has 144 valence electrons. The Hall–Kier alpha value is -2.63. The van der Waals surface area contributed by atoms with Gasteiger partial charge in [-0.25, -0.2) is 9.37 Å². The van der Waals surface area contributed by atoms with Crippen LogP contribution in [0.2, 0.25) is 5.02 Å². The van der Waals surface area contributed by atoms with Crippen molar-refractivity contribution in [2.24, 2.45) is 5.73 Å². The maximum Gasteiger partial charge on any atom is 0.142 e. The second kappa shape index (κ2) is 7.41. The van der Waals surface area contributed by atoms with E-state index >= 15 is 0 Å². The lowest BCUT2D eigenvalue weighted by atomic mass is 10.0. The molecule has 1 fully saturated rings. The van der Waals surface area contributed by atoms with Crippen LogP contribution in [0.4, 0.5) is 10.2 Å². The van der Waals surface area contributed by atoms with Crippen LogP contribution < -0.4 is 10.6 Å². The third kappa shape index (κ3) is 3.68. The van der Waals surface area contributed by atoms with E-state index in [1.807, 2.05) is 31.2 Å². The van der Waals surface area contributed by atoms with E-state index in [2.05, 4.69) is 4.90 Å². The molecule has 1 unspecified atom stereocenters. The van der Waals surface area contributed by atoms with Crippen LogP contribution in [0, 0.1) is 12.7 Å². The molecule has 0 radical (unpaired) electrons. The van der Waals surface area contributed by atoms with E-state index in [1.165, 1.54) is 6.07 Å². The number of aryl methyl sites for hydroxylation is 1. The topological polar surface area (TPSA) is 62.4 Å². The Labute approximate surface area is 168 Å². The molecule has 3 N–H and O–H groups in total. The summed E-state index contributed by atoms with van der Waals surface area (Å²) in [7, 11) is 0. The fourth-order valence-corrected chi connectivity index (χ4v) is 3.63. The number of nitrogens with zero attached hydrogens (tertiary/aromatic N) is 2. The van der Waals surface area contributed by atoms with Gasteiger partial charge in [0.25, 0.3) is 0 Å². The maximum atomic E-state index is 14.0. The number of phenolic OH excluding ortho intramolecular Hbond substituents is 1. The molecule has 6 heteroatoms. The molecular formula is C22H21ClFN3O. The second-order valence-corrected chi connectivity index (χ2v) is 7.65. The lowest BCUT2D eigenvalue weighted by Gasteiger charge is -2.20. The average molecular weight is 398 g/mol. The first-order valence-corrected chi connectivity index (χ1v) is 9.56. The van der Waals surface area contributed by atoms with Gasteiger partial charge in [0.1, 0.15) is 17.4 Å². The maximum absolute atomic E-state index is 14.0. The Morgan fingerprint density at radius 1 is 1.14 bits per heavy atom. The van der Waals surface area contributed by atoms with Crippen molar-refractivity contribution in [1.29, 1.82) is 0 Å². The highest BCUT2D eigenvalue weighted by molar-refractivity contribution is 6.30. The third-order valence-electron chi connectivity index (χ3n) is 5.04. The van der Waals surface area contributed by atoms with Gasteiger partial charge in [-0.15, -0.1) is 0 Å². The van der Waals surface area contributed by atoms with Crippen LogP contribution in [-0.4, -0.2) is 29.2 Å². The summed E-state index contributed by atoms with van der Waals surface area (Å²) in [6.07, 6.45) is 0.895. The fourth-order valence-electron chi connectivity index (χ4n) is 3.51. The minimum atomic E-state index is -0.472. The van der Waals surface area contributed by atoms with Crippen molar-refractivity contribution in [2.45, 2.75) is 19.4 Å². The first-order valence-electron chi connectivity index (χ1n) is 9.19. The number of benzene rings is 2. The van der Waals surface area contributed by atoms with Crippen molar-refractivity contribution in [2.75, 3.05) is 18.0 Å². The smallest absolute Gasteiger partial charge is 0.142 e. The number of aromatic nitrogens is 1. The van der Waals surface area contributed by atoms with Crippen LogP contribution in [0.1, 0.15) is 12.0 Å². The molecule has 2 aromatic carbocycles. The minimum absolute atomic E-state index is 0.0834. The molecule has 1 aliphatic rings. The Morgan fingerprint density at radius 2 is 1.96 bits per heavy atom. The molecule has 0 amide bonds. The van der Waals surface area contributed by atoms with Crippen molar-refractivity contribution in [3.05, 3.63) is 64.9 Å². The van der Waals surface area contributed by atoms with Gasteiger partial charge in [-0.2, -0.15) is 0 Å². The summed E-state index contributed by atoms with van der Waals surface area (Å²) in [6, 6.07) is 14.0. The highest BCUT2D eigenvalue weighted by Crippen LogP contribution is 2.35. The van der Waals surface area contributed by atoms with E-state index in [-0.39, 0.29) is 16.8 Å². The Bertz CT molecular complexity index is 1040. The number of rotatable bonds is 3. The van der Waals surface area contributed by atoms with E-state index in [4.69, 9.17) is 22.3 Å². The normalized spacial score (nSPS) is 16.6. The first-order chi connectivity index (χ1) is 13.4. The minimum Gasteiger partial charge on any atom is -0.507 e. The number of aromatic hydroxyl groups is 1. The fraction of sp³-hybridized carbons (Fsp3) is 0.227. The van der Waals surface area contributed by atoms with Crippen LogP contribution in [0.15, 0.2) is 48.5 Å². The van der Waals surface area contributed by atoms with Crippen molar-refractivity contribution < 1.29 is 9.50 Å². The van der Waals surface area contributed by atoms with Crippen LogP contribution in [-0.2, 0) is 0 Å². The number of phenols is 1. The predicted octanol–water partition coefficient (Wildman–Crippen LogP) is 4.76. The average Bonchev–Trinajstić information content (AvgIpc) is 3.12. The zero-order valence-electron chi connectivity index (χ0n) is 15.5. The van der Waals surface area contributed by atoms with Gasteiger partial charge in [0.15, 0.2) is 0 Å². The van der Waals surface area contributed by atoms with E-state index in [1.54, 1.807) is 18.2 Å². The molecule has 1 atom stereocenters. The van der Waals surface area contributed by atoms with Crippen LogP contribution >= 0.6 is 11.6 Å². The van der Waals surface area contributed by atoms with Crippen molar-refractivity contribution in [1.82, 2.24) is 4.98 Å². The monoisotopic (exact) mass is 397 g/mol. The number of pyridine rings is 1. The first kappa shape index (κ1) is 18.7. The largest absolute Gasteiger partial charge is 0.507 e. The van der Waals surface area contributed by atoms with Gasteiger partial charge < -0.3 is 15.7 Å². The van der Waals surface area contributed by atoms with Gasteiger partial charge in [-0.1, -0.05) is 29.3 Å². The number of anilines is 1. The molecule has 1 saturated heterocycles. The Kier molecular flexibility index (Phi) is 4.96. The van der Waals surface area contributed by atoms with E-state index in [0.29, 0.717) is 23.4 Å². The van der Waals surface area contributed by atoms with E-state index in [0.717, 1.165) is 29.9 Å². The Morgan fingerprint density at radius 3 is 2.68 bits per heavy atom. The summed E-state index contributed by atoms with van der Waals surface area (Å²) in [5.74, 6) is 0.444. The summed E-state index contributed by atoms with van der Waals surface area (Å²) in [5.41, 5.74) is 9.85. The van der Waals surface area contributed by atoms with Crippen LogP contribution in [0.25, 0.3) is 22.4 Å². The standard InChI is InChI=1S/C22H21ClFN3O/c1-13-2-5-21(28)17(8-13)20-10-15(14-3-4-18(23)19(24)9-14)11-22(26-20)27-7-6-16(25)12-27/h2-5,8-11,16,28H,6-7,12,25H2,1H3. The summed E-state index contributed by atoms with van der Waals surface area (Å²) >= 11 is 5.84. The summed E-state index contributed by atoms with van der Waals surface area (Å²) in [6.45, 7) is 3.48. The lowest BCUT2D eigenvalue weighted by Crippen LogP contribution is -2.27. The molecule has 0 saturated carbocycles. The zero-order chi connectivity index (χ0) is 19.8. The molecule has 4 rings (SSSR count). The van der Waals surface area contributed by atoms with Gasteiger partial charge in [0.05, 0.1) is 10.7 Å². The van der Waals surface area contributed by atoms with Gasteiger partial charge in [-0.05, 0) is 60.9 Å². The highest BCUT2D eigenvalue weighted by Gasteiger charge is 2.22. The molecule has 1 aliphatic heterocycles. The summed E-state index contributed by atoms with van der Waals surface area (Å²) in [4.78, 5) is 6.90. The number of hydrogen-bond acceptors (Lipinski definition) is 4. The van der Waals surface area contributed by atoms with E-state index in [9.17, 15) is 9.50 Å². The van der Waals surface area contributed by atoms with Gasteiger partial charge in [0.2, 0.25) is 0 Å². The van der Waals surface area contributed by atoms with Gasteiger partial charge >= 0.3 is 0 Å². The number of nitrogens with two attached hydrogens (primary N) is 1. The van der Waals surface area contributed by atoms with Gasteiger partial charge in [-0.3, -0.25) is 0 Å². The summed E-state index contributed by atoms with van der Waals surface area (Å²) < 4.78 is 14.0. The van der Waals surface area contributed by atoms with Gasteiger partial charge in [0, 0.05) is 24.7 Å². The van der Waals surface area contributed by atoms with Crippen molar-refractivity contribution >= 4 is 17.4 Å². The quantitative estimate of drug-likeness (QED) is 0.668. The molecule has 28 heavy (non-hydrogen) atoms. The lowest BCUT2D eigenvalue weighted by molar-refractivity contribution is 0.477. The van der Waals surface area contributed by atoms with E-state index < -0.39 is 5.82 Å². The molecule has 1 aromatic heterocycles. The SMILES string of the molecule is Cc1ccc(O)c(-c2cc(-c3ccc(Cl)c(F)c3)cc(N3CCC(N)C3)n2)c1. The zero-order valence-corrected chi connectivity index (χ0v) is 16.2. The predicted molar refractivity (Wildman–Crippen MR) is 111 cm³/mol. The van der Waals surface area contributed by atoms with Crippen LogP contribution in [0.5, 0.6) is 5.75 Å². The van der Waals surface area contributed by atoms with Crippen molar-refractivity contribution in [3.63, 3.8) is 0 Å².